The lowest BCUT2D eigenvalue weighted by Gasteiger charge is -2.04. The van der Waals surface area contributed by atoms with Crippen LogP contribution in [0.15, 0.2) is 4.42 Å². The summed E-state index contributed by atoms with van der Waals surface area (Å²) < 4.78 is 44.0. The smallest absolute Gasteiger partial charge is 0.411 e. The van der Waals surface area contributed by atoms with E-state index in [-0.39, 0.29) is 16.4 Å². The van der Waals surface area contributed by atoms with Crippen LogP contribution in [0.25, 0.3) is 0 Å². The van der Waals surface area contributed by atoms with Crippen LogP contribution in [0, 0.1) is 3.90 Å². The molecule has 0 aliphatic heterocycles. The Hall–Kier alpha value is -0.380. The maximum Gasteiger partial charge on any atom is 0.411 e. The summed E-state index contributed by atoms with van der Waals surface area (Å²) in [5, 5.41) is 6.86. The second-order valence-electron chi connectivity index (χ2n) is 2.06. The van der Waals surface area contributed by atoms with Crippen molar-refractivity contribution in [2.75, 3.05) is 6.61 Å². The molecule has 0 unspecified atom stereocenters. The Balaban J connectivity index is 2.28. The van der Waals surface area contributed by atoms with Gasteiger partial charge in [-0.2, -0.15) is 13.2 Å². The highest BCUT2D eigenvalue weighted by atomic mass is 127. The minimum absolute atomic E-state index is 0.0358. The Morgan fingerprint density at radius 3 is 2.54 bits per heavy atom. The summed E-state index contributed by atoms with van der Waals surface area (Å²) in [7, 11) is 0. The Morgan fingerprint density at radius 2 is 2.08 bits per heavy atom. The van der Waals surface area contributed by atoms with E-state index in [1.54, 1.807) is 22.6 Å². The van der Waals surface area contributed by atoms with Crippen molar-refractivity contribution in [3.05, 3.63) is 9.79 Å². The molecular weight excluding hydrogens is 304 g/mol. The first-order chi connectivity index (χ1) is 5.97. The monoisotopic (exact) mass is 308 g/mol. The summed E-state index contributed by atoms with van der Waals surface area (Å²) in [5.74, 6) is 0.0358. The fourth-order valence-electron chi connectivity index (χ4n) is 0.546. The maximum atomic E-state index is 11.6. The van der Waals surface area contributed by atoms with Crippen LogP contribution in [-0.2, 0) is 11.3 Å². The Labute approximate surface area is 84.6 Å². The number of hydrogen-bond acceptors (Lipinski definition) is 4. The van der Waals surface area contributed by atoms with Crippen LogP contribution >= 0.6 is 22.6 Å². The third-order valence-electron chi connectivity index (χ3n) is 0.933. The van der Waals surface area contributed by atoms with Crippen molar-refractivity contribution in [1.29, 1.82) is 0 Å². The fourth-order valence-corrected chi connectivity index (χ4v) is 0.908. The van der Waals surface area contributed by atoms with Crippen LogP contribution in [0.3, 0.4) is 0 Å². The molecule has 0 radical (unpaired) electrons. The molecule has 0 aliphatic carbocycles. The number of hydrogen-bond donors (Lipinski definition) is 0. The molecule has 1 aromatic heterocycles. The number of nitrogens with zero attached hydrogens (tertiary/aromatic N) is 2. The van der Waals surface area contributed by atoms with E-state index in [1.807, 2.05) is 0 Å². The average molecular weight is 308 g/mol. The highest BCUT2D eigenvalue weighted by molar-refractivity contribution is 14.1. The Bertz CT molecular complexity index is 275. The van der Waals surface area contributed by atoms with Gasteiger partial charge in [-0.25, -0.2) is 0 Å². The van der Waals surface area contributed by atoms with E-state index in [9.17, 15) is 13.2 Å². The lowest BCUT2D eigenvalue weighted by molar-refractivity contribution is -0.177. The molecule has 0 amide bonds. The van der Waals surface area contributed by atoms with E-state index < -0.39 is 12.8 Å². The molecule has 4 nitrogen and oxygen atoms in total. The van der Waals surface area contributed by atoms with Gasteiger partial charge in [0.2, 0.25) is 5.89 Å². The van der Waals surface area contributed by atoms with Gasteiger partial charge in [0.25, 0.3) is 3.90 Å². The largest absolute Gasteiger partial charge is 0.414 e. The SMILES string of the molecule is FC(F)(F)COCc1nnc(I)o1. The van der Waals surface area contributed by atoms with Gasteiger partial charge in [0, 0.05) is 22.6 Å². The molecule has 0 aliphatic rings. The first-order valence-electron chi connectivity index (χ1n) is 3.10. The van der Waals surface area contributed by atoms with Crippen molar-refractivity contribution in [3.8, 4) is 0 Å². The minimum Gasteiger partial charge on any atom is -0.414 e. The van der Waals surface area contributed by atoms with E-state index >= 15 is 0 Å². The van der Waals surface area contributed by atoms with Gasteiger partial charge in [0.15, 0.2) is 0 Å². The van der Waals surface area contributed by atoms with Crippen molar-refractivity contribution >= 4 is 22.6 Å². The van der Waals surface area contributed by atoms with Crippen molar-refractivity contribution in [3.63, 3.8) is 0 Å². The normalized spacial score (nSPS) is 12.0. The molecule has 0 saturated heterocycles. The number of rotatable bonds is 3. The molecule has 0 atom stereocenters. The summed E-state index contributed by atoms with van der Waals surface area (Å²) >= 11 is 1.75. The van der Waals surface area contributed by atoms with Crippen LogP contribution in [0.2, 0.25) is 0 Å². The first-order valence-corrected chi connectivity index (χ1v) is 4.17. The topological polar surface area (TPSA) is 48.2 Å². The molecule has 0 fully saturated rings. The molecule has 1 rings (SSSR count). The standard InChI is InChI=1S/C5H4F3IN2O2/c6-5(7,8)2-12-1-3-10-11-4(9)13-3/h1-2H2. The molecule has 0 N–H and O–H groups in total. The summed E-state index contributed by atoms with van der Waals surface area (Å²) in [4.78, 5) is 0. The molecule has 1 heterocycles. The van der Waals surface area contributed by atoms with E-state index in [4.69, 9.17) is 4.42 Å². The molecule has 0 aromatic carbocycles. The molecular formula is C5H4F3IN2O2. The summed E-state index contributed by atoms with van der Waals surface area (Å²) in [6.45, 7) is -1.64. The molecule has 0 spiro atoms. The van der Waals surface area contributed by atoms with Gasteiger partial charge in [-0.1, -0.05) is 0 Å². The zero-order chi connectivity index (χ0) is 9.90. The van der Waals surface area contributed by atoms with E-state index in [0.29, 0.717) is 0 Å². The molecule has 8 heteroatoms. The highest BCUT2D eigenvalue weighted by Crippen LogP contribution is 2.15. The lowest BCUT2D eigenvalue weighted by Crippen LogP contribution is -2.16. The highest BCUT2D eigenvalue weighted by Gasteiger charge is 2.27. The van der Waals surface area contributed by atoms with E-state index in [0.717, 1.165) is 0 Å². The number of halogens is 4. The van der Waals surface area contributed by atoms with E-state index in [2.05, 4.69) is 14.9 Å². The van der Waals surface area contributed by atoms with E-state index in [1.165, 1.54) is 0 Å². The van der Waals surface area contributed by atoms with Gasteiger partial charge in [0.05, 0.1) is 0 Å². The van der Waals surface area contributed by atoms with Crippen LogP contribution in [0.5, 0.6) is 0 Å². The number of aromatic nitrogens is 2. The second-order valence-corrected chi connectivity index (χ2v) is 2.98. The Morgan fingerprint density at radius 1 is 1.38 bits per heavy atom. The van der Waals surface area contributed by atoms with Gasteiger partial charge in [-0.05, 0) is 0 Å². The Kier molecular flexibility index (Phi) is 3.47. The lowest BCUT2D eigenvalue weighted by atomic mass is 10.6. The number of ether oxygens (including phenoxy) is 1. The predicted octanol–water partition coefficient (Wildman–Crippen LogP) is 1.75. The fraction of sp³-hybridized carbons (Fsp3) is 0.600. The summed E-state index contributed by atoms with van der Waals surface area (Å²) in [6.07, 6.45) is -4.33. The zero-order valence-corrected chi connectivity index (χ0v) is 8.29. The van der Waals surface area contributed by atoms with Crippen LogP contribution in [0.1, 0.15) is 5.89 Å². The summed E-state index contributed by atoms with van der Waals surface area (Å²) in [6, 6.07) is 0. The van der Waals surface area contributed by atoms with Gasteiger partial charge < -0.3 is 9.15 Å². The van der Waals surface area contributed by atoms with Crippen LogP contribution in [-0.4, -0.2) is 23.0 Å². The van der Waals surface area contributed by atoms with Gasteiger partial charge >= 0.3 is 6.18 Å². The summed E-state index contributed by atoms with van der Waals surface area (Å²) in [5.41, 5.74) is 0. The maximum absolute atomic E-state index is 11.6. The van der Waals surface area contributed by atoms with Gasteiger partial charge in [-0.3, -0.25) is 0 Å². The number of alkyl halides is 3. The quantitative estimate of drug-likeness (QED) is 0.798. The van der Waals surface area contributed by atoms with Crippen molar-refractivity contribution in [2.45, 2.75) is 12.8 Å². The first kappa shape index (κ1) is 10.7. The molecule has 74 valence electrons. The van der Waals surface area contributed by atoms with Crippen LogP contribution < -0.4 is 0 Å². The second kappa shape index (κ2) is 4.22. The van der Waals surface area contributed by atoms with Crippen LogP contribution in [0.4, 0.5) is 13.2 Å². The third kappa shape index (κ3) is 4.41. The zero-order valence-electron chi connectivity index (χ0n) is 6.14. The van der Waals surface area contributed by atoms with Gasteiger partial charge in [-0.15, -0.1) is 10.2 Å². The van der Waals surface area contributed by atoms with Gasteiger partial charge in [0.1, 0.15) is 13.2 Å². The molecule has 0 bridgehead atoms. The third-order valence-corrected chi connectivity index (χ3v) is 1.37. The molecule has 13 heavy (non-hydrogen) atoms. The average Bonchev–Trinajstić information content (AvgIpc) is 2.33. The van der Waals surface area contributed by atoms with Crippen molar-refractivity contribution in [2.24, 2.45) is 0 Å². The van der Waals surface area contributed by atoms with Crippen molar-refractivity contribution in [1.82, 2.24) is 10.2 Å². The van der Waals surface area contributed by atoms with Crippen molar-refractivity contribution < 1.29 is 22.3 Å². The molecule has 0 saturated carbocycles. The minimum atomic E-state index is -4.33. The predicted molar refractivity (Wildman–Crippen MR) is 42.7 cm³/mol. The molecule has 1 aromatic rings.